The van der Waals surface area contributed by atoms with Crippen LogP contribution in [-0.2, 0) is 6.54 Å². The van der Waals surface area contributed by atoms with Gasteiger partial charge in [0, 0.05) is 23.7 Å². The average Bonchev–Trinajstić information content (AvgIpc) is 2.83. The Morgan fingerprint density at radius 2 is 2.10 bits per heavy atom. The molecular formula is C15H21N3O2S. The van der Waals surface area contributed by atoms with Crippen LogP contribution in [-0.4, -0.2) is 41.3 Å². The van der Waals surface area contributed by atoms with Gasteiger partial charge in [-0.05, 0) is 38.2 Å². The lowest BCUT2D eigenvalue weighted by Gasteiger charge is -2.20. The summed E-state index contributed by atoms with van der Waals surface area (Å²) in [6.45, 7) is 3.60. The van der Waals surface area contributed by atoms with Gasteiger partial charge < -0.3 is 15.6 Å². The highest BCUT2D eigenvalue weighted by atomic mass is 32.1. The van der Waals surface area contributed by atoms with Crippen LogP contribution in [0, 0.1) is 6.92 Å². The molecule has 2 rings (SSSR count). The minimum atomic E-state index is -0.541. The van der Waals surface area contributed by atoms with Crippen molar-refractivity contribution in [1.82, 2.24) is 9.88 Å². The maximum Gasteiger partial charge on any atom is 0.119 e. The second kappa shape index (κ2) is 7.40. The molecule has 0 saturated carbocycles. The zero-order valence-corrected chi connectivity index (χ0v) is 13.1. The highest BCUT2D eigenvalue weighted by Crippen LogP contribution is 2.15. The van der Waals surface area contributed by atoms with E-state index in [4.69, 9.17) is 10.5 Å². The Bertz CT molecular complexity index is 556. The number of thiazole rings is 1. The molecule has 1 atom stereocenters. The van der Waals surface area contributed by atoms with E-state index in [2.05, 4.69) is 9.88 Å². The molecule has 1 aromatic heterocycles. The first-order chi connectivity index (χ1) is 10.0. The van der Waals surface area contributed by atoms with Gasteiger partial charge in [-0.25, -0.2) is 4.98 Å². The molecule has 0 saturated heterocycles. The predicted octanol–water partition coefficient (Wildman–Crippen LogP) is 1.91. The number of likely N-dealkylation sites (N-methyl/N-ethyl adjacent to an activating group) is 1. The van der Waals surface area contributed by atoms with Crippen LogP contribution in [0.15, 0.2) is 29.8 Å². The molecule has 1 aromatic carbocycles. The standard InChI is InChI=1S/C15H21N3O2S/c1-11-15(21-10-17-11)8-18(2)7-13(19)9-20-14-5-3-12(16)4-6-14/h3-6,10,13,19H,7-9,16H2,1-2H3. The Hall–Kier alpha value is -1.63. The summed E-state index contributed by atoms with van der Waals surface area (Å²) in [4.78, 5) is 7.52. The molecule has 0 spiro atoms. The summed E-state index contributed by atoms with van der Waals surface area (Å²) in [6.07, 6.45) is -0.541. The number of nitrogens with two attached hydrogens (primary N) is 1. The number of benzene rings is 1. The van der Waals surface area contributed by atoms with E-state index in [-0.39, 0.29) is 6.61 Å². The van der Waals surface area contributed by atoms with E-state index in [1.54, 1.807) is 35.6 Å². The Labute approximate surface area is 129 Å². The van der Waals surface area contributed by atoms with Crippen LogP contribution in [0.25, 0.3) is 0 Å². The fourth-order valence-electron chi connectivity index (χ4n) is 1.96. The largest absolute Gasteiger partial charge is 0.491 e. The van der Waals surface area contributed by atoms with E-state index in [0.29, 0.717) is 18.0 Å². The third-order valence-electron chi connectivity index (χ3n) is 3.10. The lowest BCUT2D eigenvalue weighted by atomic mass is 10.3. The highest BCUT2D eigenvalue weighted by molar-refractivity contribution is 7.09. The maximum atomic E-state index is 10.0. The Balaban J connectivity index is 1.74. The SMILES string of the molecule is Cc1ncsc1CN(C)CC(O)COc1ccc(N)cc1. The second-order valence-corrected chi connectivity index (χ2v) is 6.03. The van der Waals surface area contributed by atoms with Gasteiger partial charge in [0.1, 0.15) is 18.5 Å². The Morgan fingerprint density at radius 1 is 1.38 bits per heavy atom. The lowest BCUT2D eigenvalue weighted by molar-refractivity contribution is 0.0746. The topological polar surface area (TPSA) is 71.6 Å². The van der Waals surface area contributed by atoms with Crippen LogP contribution in [0.5, 0.6) is 5.75 Å². The summed E-state index contributed by atoms with van der Waals surface area (Å²) in [5, 5.41) is 10.0. The lowest BCUT2D eigenvalue weighted by Crippen LogP contribution is -2.32. The van der Waals surface area contributed by atoms with Crippen molar-refractivity contribution in [3.05, 3.63) is 40.3 Å². The third kappa shape index (κ3) is 5.00. The normalized spacial score (nSPS) is 12.6. The summed E-state index contributed by atoms with van der Waals surface area (Å²) in [5.74, 6) is 0.712. The van der Waals surface area contributed by atoms with Gasteiger partial charge >= 0.3 is 0 Å². The summed E-state index contributed by atoms with van der Waals surface area (Å²) < 4.78 is 5.54. The van der Waals surface area contributed by atoms with Crippen molar-refractivity contribution in [2.45, 2.75) is 19.6 Å². The van der Waals surface area contributed by atoms with E-state index in [1.165, 1.54) is 4.88 Å². The van der Waals surface area contributed by atoms with E-state index >= 15 is 0 Å². The van der Waals surface area contributed by atoms with Crippen molar-refractivity contribution >= 4 is 17.0 Å². The van der Waals surface area contributed by atoms with Crippen LogP contribution in [0.4, 0.5) is 5.69 Å². The number of aliphatic hydroxyl groups excluding tert-OH is 1. The fourth-order valence-corrected chi connectivity index (χ4v) is 2.81. The average molecular weight is 307 g/mol. The summed E-state index contributed by atoms with van der Waals surface area (Å²) in [5.41, 5.74) is 9.21. The van der Waals surface area contributed by atoms with Crippen LogP contribution in [0.3, 0.4) is 0 Å². The van der Waals surface area contributed by atoms with Crippen molar-refractivity contribution in [3.63, 3.8) is 0 Å². The number of hydrogen-bond donors (Lipinski definition) is 2. The number of aromatic nitrogens is 1. The molecule has 5 nitrogen and oxygen atoms in total. The van der Waals surface area contributed by atoms with Gasteiger partial charge in [-0.1, -0.05) is 0 Å². The van der Waals surface area contributed by atoms with Crippen LogP contribution in [0.2, 0.25) is 0 Å². The highest BCUT2D eigenvalue weighted by Gasteiger charge is 2.11. The van der Waals surface area contributed by atoms with Crippen molar-refractivity contribution in [3.8, 4) is 5.75 Å². The number of ether oxygens (including phenoxy) is 1. The Morgan fingerprint density at radius 3 is 2.71 bits per heavy atom. The van der Waals surface area contributed by atoms with Crippen molar-refractivity contribution in [1.29, 1.82) is 0 Å². The number of hydrogen-bond acceptors (Lipinski definition) is 6. The van der Waals surface area contributed by atoms with Gasteiger partial charge in [0.15, 0.2) is 0 Å². The van der Waals surface area contributed by atoms with Gasteiger partial charge in [0.05, 0.1) is 11.2 Å². The molecule has 0 fully saturated rings. The first-order valence-corrected chi connectivity index (χ1v) is 7.66. The molecule has 1 unspecified atom stereocenters. The molecule has 2 aromatic rings. The summed E-state index contributed by atoms with van der Waals surface area (Å²) in [7, 11) is 1.98. The molecule has 114 valence electrons. The molecule has 0 radical (unpaired) electrons. The monoisotopic (exact) mass is 307 g/mol. The molecule has 0 aliphatic rings. The van der Waals surface area contributed by atoms with E-state index in [0.717, 1.165) is 12.2 Å². The fraction of sp³-hybridized carbons (Fsp3) is 0.400. The van der Waals surface area contributed by atoms with Crippen molar-refractivity contribution in [2.75, 3.05) is 25.9 Å². The van der Waals surface area contributed by atoms with E-state index < -0.39 is 6.10 Å². The van der Waals surface area contributed by atoms with Gasteiger partial charge in [-0.15, -0.1) is 11.3 Å². The predicted molar refractivity (Wildman–Crippen MR) is 85.5 cm³/mol. The van der Waals surface area contributed by atoms with Crippen LogP contribution >= 0.6 is 11.3 Å². The molecule has 6 heteroatoms. The molecule has 0 amide bonds. The van der Waals surface area contributed by atoms with Gasteiger partial charge in [0.25, 0.3) is 0 Å². The molecule has 21 heavy (non-hydrogen) atoms. The molecule has 0 aliphatic carbocycles. The number of rotatable bonds is 7. The van der Waals surface area contributed by atoms with Gasteiger partial charge in [-0.3, -0.25) is 4.90 Å². The minimum absolute atomic E-state index is 0.260. The van der Waals surface area contributed by atoms with Gasteiger partial charge in [0.2, 0.25) is 0 Å². The molecule has 3 N–H and O–H groups in total. The zero-order chi connectivity index (χ0) is 15.2. The number of nitrogens with zero attached hydrogens (tertiary/aromatic N) is 2. The van der Waals surface area contributed by atoms with Crippen molar-refractivity contribution < 1.29 is 9.84 Å². The quantitative estimate of drug-likeness (QED) is 0.765. The minimum Gasteiger partial charge on any atom is -0.491 e. The first kappa shape index (κ1) is 15.8. The third-order valence-corrected chi connectivity index (χ3v) is 4.02. The summed E-state index contributed by atoms with van der Waals surface area (Å²) in [6, 6.07) is 7.15. The molecule has 0 bridgehead atoms. The second-order valence-electron chi connectivity index (χ2n) is 5.09. The smallest absolute Gasteiger partial charge is 0.119 e. The van der Waals surface area contributed by atoms with E-state index in [1.807, 2.05) is 19.5 Å². The van der Waals surface area contributed by atoms with Crippen molar-refractivity contribution in [2.24, 2.45) is 0 Å². The maximum absolute atomic E-state index is 10.0. The number of aliphatic hydroxyl groups is 1. The molecule has 1 heterocycles. The number of anilines is 1. The summed E-state index contributed by atoms with van der Waals surface area (Å²) >= 11 is 1.64. The van der Waals surface area contributed by atoms with Crippen LogP contribution < -0.4 is 10.5 Å². The molecular weight excluding hydrogens is 286 g/mol. The first-order valence-electron chi connectivity index (χ1n) is 6.78. The van der Waals surface area contributed by atoms with Crippen LogP contribution in [0.1, 0.15) is 10.6 Å². The number of aryl methyl sites for hydroxylation is 1. The Kier molecular flexibility index (Phi) is 5.55. The van der Waals surface area contributed by atoms with E-state index in [9.17, 15) is 5.11 Å². The molecule has 0 aliphatic heterocycles. The zero-order valence-electron chi connectivity index (χ0n) is 12.3. The number of nitrogen functional groups attached to an aromatic ring is 1. The van der Waals surface area contributed by atoms with Gasteiger partial charge in [-0.2, -0.15) is 0 Å².